The summed E-state index contributed by atoms with van der Waals surface area (Å²) >= 11 is 5.27. The van der Waals surface area contributed by atoms with Crippen LogP contribution in [0.1, 0.15) is 34.3 Å². The van der Waals surface area contributed by atoms with Gasteiger partial charge in [0.2, 0.25) is 0 Å². The Labute approximate surface area is 202 Å². The molecule has 2 amide bonds. The molecule has 0 bridgehead atoms. The van der Waals surface area contributed by atoms with Crippen molar-refractivity contribution < 1.29 is 18.7 Å². The van der Waals surface area contributed by atoms with E-state index in [0.717, 1.165) is 11.8 Å². The summed E-state index contributed by atoms with van der Waals surface area (Å²) in [5, 5.41) is 9.40. The molecular weight excluding hydrogens is 450 g/mol. The standard InChI is InChI=1S/C26H23N3O4S/c1-2-14-32-21-12-10-17(11-13-21)24(30)29-26(34)28-20-8-5-7-19(16-20)27-25(31)23-15-18-6-3-4-9-22(18)33-23/h3-13,15-16H,2,14H2,1H3,(H,27,31)(H2,28,29,30,34). The maximum Gasteiger partial charge on any atom is 0.291 e. The highest BCUT2D eigenvalue weighted by molar-refractivity contribution is 7.80. The number of carbonyl (C=O) groups is 2. The van der Waals surface area contributed by atoms with Crippen molar-refractivity contribution in [2.24, 2.45) is 0 Å². The number of fused-ring (bicyclic) bond motifs is 1. The minimum absolute atomic E-state index is 0.136. The van der Waals surface area contributed by atoms with E-state index in [1.54, 1.807) is 60.7 Å². The molecule has 3 N–H and O–H groups in total. The van der Waals surface area contributed by atoms with Crippen LogP contribution < -0.4 is 20.7 Å². The molecule has 0 saturated heterocycles. The van der Waals surface area contributed by atoms with Crippen LogP contribution in [-0.2, 0) is 0 Å². The van der Waals surface area contributed by atoms with Gasteiger partial charge in [-0.3, -0.25) is 14.9 Å². The van der Waals surface area contributed by atoms with E-state index in [9.17, 15) is 9.59 Å². The lowest BCUT2D eigenvalue weighted by molar-refractivity contribution is 0.0975. The van der Waals surface area contributed by atoms with E-state index in [0.29, 0.717) is 34.9 Å². The number of amides is 2. The Hall–Kier alpha value is -4.17. The summed E-state index contributed by atoms with van der Waals surface area (Å²) in [7, 11) is 0. The molecule has 0 unspecified atom stereocenters. The fraction of sp³-hybridized carbons (Fsp3) is 0.115. The first-order valence-electron chi connectivity index (χ1n) is 10.8. The average molecular weight is 474 g/mol. The molecule has 0 radical (unpaired) electrons. The number of ether oxygens (including phenoxy) is 1. The molecule has 0 atom stereocenters. The fourth-order valence-electron chi connectivity index (χ4n) is 3.22. The largest absolute Gasteiger partial charge is 0.494 e. The van der Waals surface area contributed by atoms with Crippen molar-refractivity contribution in [2.75, 3.05) is 17.2 Å². The van der Waals surface area contributed by atoms with Crippen LogP contribution >= 0.6 is 12.2 Å². The van der Waals surface area contributed by atoms with Crippen molar-refractivity contribution in [3.63, 3.8) is 0 Å². The molecule has 0 aliphatic heterocycles. The van der Waals surface area contributed by atoms with E-state index in [1.165, 1.54) is 0 Å². The van der Waals surface area contributed by atoms with Gasteiger partial charge in [0.15, 0.2) is 10.9 Å². The van der Waals surface area contributed by atoms with Gasteiger partial charge in [0.25, 0.3) is 11.8 Å². The molecule has 0 spiro atoms. The molecule has 7 nitrogen and oxygen atoms in total. The van der Waals surface area contributed by atoms with Gasteiger partial charge in [-0.1, -0.05) is 31.2 Å². The quantitative estimate of drug-likeness (QED) is 0.303. The Balaban J connectivity index is 1.34. The molecule has 4 rings (SSSR count). The molecule has 0 aliphatic carbocycles. The highest BCUT2D eigenvalue weighted by atomic mass is 32.1. The molecule has 1 heterocycles. The second kappa shape index (κ2) is 10.6. The van der Waals surface area contributed by atoms with Crippen LogP contribution in [0.4, 0.5) is 11.4 Å². The Kier molecular flexibility index (Phi) is 7.19. The molecular formula is C26H23N3O4S. The number of hydrogen-bond donors (Lipinski definition) is 3. The van der Waals surface area contributed by atoms with Crippen molar-refractivity contribution in [2.45, 2.75) is 13.3 Å². The second-order valence-electron chi connectivity index (χ2n) is 7.46. The predicted octanol–water partition coefficient (Wildman–Crippen LogP) is 5.60. The summed E-state index contributed by atoms with van der Waals surface area (Å²) < 4.78 is 11.1. The number of anilines is 2. The minimum atomic E-state index is -0.365. The summed E-state index contributed by atoms with van der Waals surface area (Å²) in [6, 6.07) is 22.9. The summed E-state index contributed by atoms with van der Waals surface area (Å²) in [5.74, 6) is 0.221. The van der Waals surface area contributed by atoms with Crippen molar-refractivity contribution in [3.05, 3.63) is 90.2 Å². The van der Waals surface area contributed by atoms with Gasteiger partial charge in [0.05, 0.1) is 6.61 Å². The van der Waals surface area contributed by atoms with Crippen molar-refractivity contribution in [1.29, 1.82) is 0 Å². The average Bonchev–Trinajstić information content (AvgIpc) is 3.28. The van der Waals surface area contributed by atoms with Crippen LogP contribution in [0.25, 0.3) is 11.0 Å². The smallest absolute Gasteiger partial charge is 0.291 e. The van der Waals surface area contributed by atoms with Crippen LogP contribution in [0.15, 0.2) is 83.3 Å². The number of furan rings is 1. The molecule has 172 valence electrons. The maximum absolute atomic E-state index is 12.6. The zero-order valence-corrected chi connectivity index (χ0v) is 19.3. The van der Waals surface area contributed by atoms with Crippen LogP contribution in [-0.4, -0.2) is 23.5 Å². The number of carbonyl (C=O) groups excluding carboxylic acids is 2. The van der Waals surface area contributed by atoms with Gasteiger partial charge >= 0.3 is 0 Å². The number of thiocarbonyl (C=S) groups is 1. The second-order valence-corrected chi connectivity index (χ2v) is 7.87. The number of rotatable bonds is 7. The molecule has 4 aromatic rings. The van der Waals surface area contributed by atoms with Crippen molar-refractivity contribution >= 4 is 51.5 Å². The lowest BCUT2D eigenvalue weighted by atomic mass is 10.2. The number of hydrogen-bond acceptors (Lipinski definition) is 5. The summed E-state index contributed by atoms with van der Waals surface area (Å²) in [6.45, 7) is 2.65. The van der Waals surface area contributed by atoms with Crippen molar-refractivity contribution in [3.8, 4) is 5.75 Å². The molecule has 8 heteroatoms. The normalized spacial score (nSPS) is 10.5. The van der Waals surface area contributed by atoms with Gasteiger partial charge in [-0.25, -0.2) is 0 Å². The molecule has 0 aliphatic rings. The number of nitrogens with one attached hydrogen (secondary N) is 3. The van der Waals surface area contributed by atoms with E-state index < -0.39 is 0 Å². The van der Waals surface area contributed by atoms with E-state index in [4.69, 9.17) is 21.4 Å². The Morgan fingerprint density at radius 3 is 2.35 bits per heavy atom. The zero-order valence-electron chi connectivity index (χ0n) is 18.5. The zero-order chi connectivity index (χ0) is 23.9. The minimum Gasteiger partial charge on any atom is -0.494 e. The maximum atomic E-state index is 12.6. The van der Waals surface area contributed by atoms with Gasteiger partial charge in [0, 0.05) is 22.3 Å². The summed E-state index contributed by atoms with van der Waals surface area (Å²) in [4.78, 5) is 25.1. The topological polar surface area (TPSA) is 92.6 Å². The molecule has 3 aromatic carbocycles. The fourth-order valence-corrected chi connectivity index (χ4v) is 3.43. The first-order chi connectivity index (χ1) is 16.5. The van der Waals surface area contributed by atoms with E-state index in [-0.39, 0.29) is 22.7 Å². The van der Waals surface area contributed by atoms with Gasteiger partial charge in [-0.2, -0.15) is 0 Å². The molecule has 34 heavy (non-hydrogen) atoms. The number of benzene rings is 3. The van der Waals surface area contributed by atoms with Gasteiger partial charge < -0.3 is 19.8 Å². The lowest BCUT2D eigenvalue weighted by Crippen LogP contribution is -2.34. The predicted molar refractivity (Wildman–Crippen MR) is 137 cm³/mol. The Morgan fingerprint density at radius 2 is 1.62 bits per heavy atom. The van der Waals surface area contributed by atoms with E-state index >= 15 is 0 Å². The first-order valence-corrected chi connectivity index (χ1v) is 11.2. The number of para-hydroxylation sites is 1. The lowest BCUT2D eigenvalue weighted by Gasteiger charge is -2.11. The van der Waals surface area contributed by atoms with Gasteiger partial charge in [0.1, 0.15) is 11.3 Å². The van der Waals surface area contributed by atoms with Crippen molar-refractivity contribution in [1.82, 2.24) is 5.32 Å². The highest BCUT2D eigenvalue weighted by Crippen LogP contribution is 2.21. The van der Waals surface area contributed by atoms with Crippen LogP contribution in [0.3, 0.4) is 0 Å². The summed E-state index contributed by atoms with van der Waals surface area (Å²) in [6.07, 6.45) is 0.910. The highest BCUT2D eigenvalue weighted by Gasteiger charge is 2.13. The third-order valence-corrected chi connectivity index (χ3v) is 5.05. The third-order valence-electron chi connectivity index (χ3n) is 4.84. The summed E-state index contributed by atoms with van der Waals surface area (Å²) in [5.41, 5.74) is 2.26. The Morgan fingerprint density at radius 1 is 0.882 bits per heavy atom. The molecule has 0 saturated carbocycles. The molecule has 0 fully saturated rings. The van der Waals surface area contributed by atoms with Gasteiger partial charge in [-0.15, -0.1) is 0 Å². The third kappa shape index (κ3) is 5.79. The van der Waals surface area contributed by atoms with Crippen LogP contribution in [0.5, 0.6) is 5.75 Å². The van der Waals surface area contributed by atoms with E-state index in [2.05, 4.69) is 16.0 Å². The monoisotopic (exact) mass is 473 g/mol. The first kappa shape index (κ1) is 23.0. The van der Waals surface area contributed by atoms with Crippen LogP contribution in [0, 0.1) is 0 Å². The molecule has 1 aromatic heterocycles. The Bertz CT molecular complexity index is 1300. The van der Waals surface area contributed by atoms with Crippen LogP contribution in [0.2, 0.25) is 0 Å². The SMILES string of the molecule is CCCOc1ccc(C(=O)NC(=S)Nc2cccc(NC(=O)c3cc4ccccc4o3)c2)cc1. The van der Waals surface area contributed by atoms with Gasteiger partial charge in [-0.05, 0) is 73.2 Å². The van der Waals surface area contributed by atoms with E-state index in [1.807, 2.05) is 25.1 Å².